The number of hydrogen-bond acceptors (Lipinski definition) is 4. The molecule has 0 aliphatic carbocycles. The number of carbonyl (C=O) groups is 3. The summed E-state index contributed by atoms with van der Waals surface area (Å²) in [5.41, 5.74) is 0.714. The maximum atomic E-state index is 12.4. The molecule has 0 spiro atoms. The lowest BCUT2D eigenvalue weighted by molar-refractivity contribution is -0.135. The zero-order valence-corrected chi connectivity index (χ0v) is 13.4. The Balaban J connectivity index is 1.51. The van der Waals surface area contributed by atoms with E-state index in [0.717, 1.165) is 0 Å². The van der Waals surface area contributed by atoms with Crippen molar-refractivity contribution < 1.29 is 19.1 Å². The minimum Gasteiger partial charge on any atom is -0.378 e. The minimum atomic E-state index is -0.334. The van der Waals surface area contributed by atoms with Crippen LogP contribution in [0.15, 0.2) is 30.3 Å². The van der Waals surface area contributed by atoms with Gasteiger partial charge in [-0.1, -0.05) is 18.2 Å². The van der Waals surface area contributed by atoms with E-state index in [9.17, 15) is 14.4 Å². The SMILES string of the molecule is O=C(CCC(=O)N1C[C@H]2COC[C@@H](C1)C(=O)N2)Nc1ccccc1. The van der Waals surface area contributed by atoms with E-state index in [2.05, 4.69) is 10.6 Å². The highest BCUT2D eigenvalue weighted by Crippen LogP contribution is 2.15. The van der Waals surface area contributed by atoms with Gasteiger partial charge < -0.3 is 20.3 Å². The Kier molecular flexibility index (Phi) is 5.10. The highest BCUT2D eigenvalue weighted by molar-refractivity contribution is 5.93. The number of nitrogens with one attached hydrogen (secondary N) is 2. The summed E-state index contributed by atoms with van der Waals surface area (Å²) in [4.78, 5) is 38.0. The molecule has 1 aromatic carbocycles. The van der Waals surface area contributed by atoms with Crippen molar-refractivity contribution in [3.63, 3.8) is 0 Å². The van der Waals surface area contributed by atoms with Gasteiger partial charge in [-0.15, -0.1) is 0 Å². The molecule has 2 saturated heterocycles. The summed E-state index contributed by atoms with van der Waals surface area (Å²) in [5, 5.41) is 5.65. The predicted octanol–water partition coefficient (Wildman–Crippen LogP) is 0.379. The van der Waals surface area contributed by atoms with Gasteiger partial charge in [-0.3, -0.25) is 14.4 Å². The quantitative estimate of drug-likeness (QED) is 0.835. The smallest absolute Gasteiger partial charge is 0.227 e. The van der Waals surface area contributed by atoms with Crippen molar-refractivity contribution in [3.8, 4) is 0 Å². The Morgan fingerprint density at radius 3 is 2.75 bits per heavy atom. The summed E-state index contributed by atoms with van der Waals surface area (Å²) in [7, 11) is 0. The van der Waals surface area contributed by atoms with Gasteiger partial charge in [0.15, 0.2) is 0 Å². The molecule has 7 nitrogen and oxygen atoms in total. The number of ether oxygens (including phenoxy) is 1. The Hall–Kier alpha value is -2.41. The summed E-state index contributed by atoms with van der Waals surface area (Å²) in [5.74, 6) is -0.692. The number of carbonyl (C=O) groups excluding carboxylic acids is 3. The third-order valence-electron chi connectivity index (χ3n) is 4.21. The van der Waals surface area contributed by atoms with Gasteiger partial charge in [0.25, 0.3) is 0 Å². The van der Waals surface area contributed by atoms with E-state index < -0.39 is 0 Å². The first-order valence-electron chi connectivity index (χ1n) is 8.12. The number of hydrogen-bond donors (Lipinski definition) is 2. The lowest BCUT2D eigenvalue weighted by atomic mass is 10.1. The highest BCUT2D eigenvalue weighted by atomic mass is 16.5. The van der Waals surface area contributed by atoms with Crippen molar-refractivity contribution in [1.82, 2.24) is 10.2 Å². The zero-order chi connectivity index (χ0) is 16.9. The van der Waals surface area contributed by atoms with Crippen LogP contribution in [0.3, 0.4) is 0 Å². The summed E-state index contributed by atoms with van der Waals surface area (Å²) in [6, 6.07) is 8.96. The number of benzene rings is 1. The molecule has 2 aliphatic heterocycles. The van der Waals surface area contributed by atoms with Crippen molar-refractivity contribution in [2.75, 3.05) is 31.6 Å². The molecule has 24 heavy (non-hydrogen) atoms. The van der Waals surface area contributed by atoms with E-state index in [1.165, 1.54) is 0 Å². The summed E-state index contributed by atoms with van der Waals surface area (Å²) < 4.78 is 5.44. The molecule has 0 saturated carbocycles. The molecule has 3 rings (SSSR count). The van der Waals surface area contributed by atoms with Crippen molar-refractivity contribution in [1.29, 1.82) is 0 Å². The summed E-state index contributed by atoms with van der Waals surface area (Å²) in [6.45, 7) is 1.53. The molecule has 1 aromatic rings. The second kappa shape index (κ2) is 7.44. The molecule has 0 aromatic heterocycles. The van der Waals surface area contributed by atoms with Crippen LogP contribution in [0.1, 0.15) is 12.8 Å². The van der Waals surface area contributed by atoms with Crippen LogP contribution >= 0.6 is 0 Å². The Morgan fingerprint density at radius 2 is 1.96 bits per heavy atom. The number of para-hydroxylation sites is 1. The van der Waals surface area contributed by atoms with E-state index in [1.807, 2.05) is 18.2 Å². The normalized spacial score (nSPS) is 23.2. The first-order valence-corrected chi connectivity index (χ1v) is 8.12. The molecule has 0 radical (unpaired) electrons. The molecule has 0 unspecified atom stereocenters. The average Bonchev–Trinajstić information content (AvgIpc) is 2.82. The topological polar surface area (TPSA) is 87.7 Å². The fourth-order valence-electron chi connectivity index (χ4n) is 2.96. The molecule has 2 aliphatic rings. The molecule has 3 amide bonds. The van der Waals surface area contributed by atoms with Crippen LogP contribution < -0.4 is 10.6 Å². The first-order chi connectivity index (χ1) is 11.6. The van der Waals surface area contributed by atoms with Crippen LogP contribution in [0.2, 0.25) is 0 Å². The van der Waals surface area contributed by atoms with Crippen molar-refractivity contribution in [2.24, 2.45) is 5.92 Å². The first kappa shape index (κ1) is 16.4. The van der Waals surface area contributed by atoms with Crippen LogP contribution in [-0.4, -0.2) is 55.0 Å². The number of amides is 3. The van der Waals surface area contributed by atoms with E-state index in [-0.39, 0.29) is 42.5 Å². The standard InChI is InChI=1S/C17H21N3O4/c21-15(18-13-4-2-1-3-5-13)6-7-16(22)20-8-12-10-24-11-14(9-20)19-17(12)23/h1-5,12,14H,6-11H2,(H,18,21)(H,19,23)/t12-,14+/m1/s1. The molecule has 128 valence electrons. The molecule has 2 heterocycles. The third-order valence-corrected chi connectivity index (χ3v) is 4.21. The average molecular weight is 331 g/mol. The molecule has 2 fully saturated rings. The third kappa shape index (κ3) is 4.11. The number of nitrogens with zero attached hydrogens (tertiary/aromatic N) is 1. The van der Waals surface area contributed by atoms with Gasteiger partial charge in [0.1, 0.15) is 0 Å². The zero-order valence-electron chi connectivity index (χ0n) is 13.4. The van der Waals surface area contributed by atoms with Crippen LogP contribution in [0.5, 0.6) is 0 Å². The Morgan fingerprint density at radius 1 is 1.17 bits per heavy atom. The molecule has 2 atom stereocenters. The van der Waals surface area contributed by atoms with Gasteiger partial charge >= 0.3 is 0 Å². The lowest BCUT2D eigenvalue weighted by Gasteiger charge is -2.27. The minimum absolute atomic E-state index is 0.0605. The van der Waals surface area contributed by atoms with Gasteiger partial charge in [0, 0.05) is 31.6 Å². The van der Waals surface area contributed by atoms with E-state index in [4.69, 9.17) is 4.74 Å². The number of rotatable bonds is 4. The van der Waals surface area contributed by atoms with E-state index >= 15 is 0 Å². The van der Waals surface area contributed by atoms with Crippen LogP contribution in [0.25, 0.3) is 0 Å². The highest BCUT2D eigenvalue weighted by Gasteiger charge is 2.34. The molecule has 2 bridgehead atoms. The Labute approximate surface area is 140 Å². The second-order valence-electron chi connectivity index (χ2n) is 6.15. The van der Waals surface area contributed by atoms with Crippen LogP contribution in [0, 0.1) is 5.92 Å². The van der Waals surface area contributed by atoms with Crippen LogP contribution in [-0.2, 0) is 19.1 Å². The fourth-order valence-corrected chi connectivity index (χ4v) is 2.96. The van der Waals surface area contributed by atoms with Crippen LogP contribution in [0.4, 0.5) is 5.69 Å². The number of fused-ring (bicyclic) bond motifs is 3. The van der Waals surface area contributed by atoms with Gasteiger partial charge in [0.2, 0.25) is 17.7 Å². The van der Waals surface area contributed by atoms with Gasteiger partial charge in [-0.25, -0.2) is 0 Å². The Bertz CT molecular complexity index is 620. The largest absolute Gasteiger partial charge is 0.378 e. The lowest BCUT2D eigenvalue weighted by Crippen LogP contribution is -2.44. The molecular formula is C17H21N3O4. The fraction of sp³-hybridized carbons (Fsp3) is 0.471. The predicted molar refractivity (Wildman–Crippen MR) is 87.1 cm³/mol. The van der Waals surface area contributed by atoms with Gasteiger partial charge in [-0.05, 0) is 12.1 Å². The maximum Gasteiger partial charge on any atom is 0.227 e. The van der Waals surface area contributed by atoms with Crippen molar-refractivity contribution in [2.45, 2.75) is 18.9 Å². The van der Waals surface area contributed by atoms with Crippen molar-refractivity contribution >= 4 is 23.4 Å². The maximum absolute atomic E-state index is 12.4. The molecule has 7 heteroatoms. The second-order valence-corrected chi connectivity index (χ2v) is 6.15. The van der Waals surface area contributed by atoms with E-state index in [1.54, 1.807) is 17.0 Å². The molecule has 2 N–H and O–H groups in total. The summed E-state index contributed by atoms with van der Waals surface area (Å²) in [6.07, 6.45) is 0.255. The van der Waals surface area contributed by atoms with Gasteiger partial charge in [0.05, 0.1) is 25.2 Å². The summed E-state index contributed by atoms with van der Waals surface area (Å²) >= 11 is 0. The van der Waals surface area contributed by atoms with Crippen molar-refractivity contribution in [3.05, 3.63) is 30.3 Å². The monoisotopic (exact) mass is 331 g/mol. The number of anilines is 1. The molecular weight excluding hydrogens is 310 g/mol. The van der Waals surface area contributed by atoms with E-state index in [0.29, 0.717) is 32.0 Å². The van der Waals surface area contributed by atoms with Gasteiger partial charge in [-0.2, -0.15) is 0 Å².